The van der Waals surface area contributed by atoms with Crippen LogP contribution in [0, 0.1) is 0 Å². The van der Waals surface area contributed by atoms with E-state index < -0.39 is 0 Å². The first-order chi connectivity index (χ1) is 9.53. The van der Waals surface area contributed by atoms with Crippen LogP contribution < -0.4 is 5.32 Å². The van der Waals surface area contributed by atoms with Gasteiger partial charge in [0.2, 0.25) is 0 Å². The van der Waals surface area contributed by atoms with Crippen LogP contribution in [0.2, 0.25) is 0 Å². The van der Waals surface area contributed by atoms with Crippen LogP contribution in [0.5, 0.6) is 0 Å². The first-order valence-corrected chi connectivity index (χ1v) is 7.97. The highest BCUT2D eigenvalue weighted by Crippen LogP contribution is 2.29. The van der Waals surface area contributed by atoms with E-state index in [9.17, 15) is 4.79 Å². The number of hydrogen-bond acceptors (Lipinski definition) is 3. The van der Waals surface area contributed by atoms with Crippen LogP contribution in [0.1, 0.15) is 39.5 Å². The number of hydrogen-bond donors (Lipinski definition) is 1. The van der Waals surface area contributed by atoms with Crippen LogP contribution in [-0.2, 0) is 4.74 Å². The van der Waals surface area contributed by atoms with Gasteiger partial charge in [-0.3, -0.25) is 0 Å². The molecule has 2 amide bonds. The SMILES string of the molecule is CC1(C)CN(C(=O)NC2CCN(C3CC3)CC2)CCO1. The highest BCUT2D eigenvalue weighted by Gasteiger charge is 2.34. The molecule has 0 aromatic heterocycles. The molecule has 0 aromatic rings. The average Bonchev–Trinajstić information content (AvgIpc) is 3.23. The van der Waals surface area contributed by atoms with Crippen molar-refractivity contribution in [3.8, 4) is 0 Å². The molecule has 0 unspecified atom stereocenters. The summed E-state index contributed by atoms with van der Waals surface area (Å²) in [5.74, 6) is 0. The van der Waals surface area contributed by atoms with Crippen molar-refractivity contribution < 1.29 is 9.53 Å². The minimum absolute atomic E-state index is 0.0891. The van der Waals surface area contributed by atoms with E-state index in [1.807, 2.05) is 18.7 Å². The molecule has 2 heterocycles. The summed E-state index contributed by atoms with van der Waals surface area (Å²) in [5.41, 5.74) is -0.217. The van der Waals surface area contributed by atoms with Crippen LogP contribution in [0.25, 0.3) is 0 Å². The Morgan fingerprint density at radius 3 is 2.45 bits per heavy atom. The van der Waals surface area contributed by atoms with Crippen molar-refractivity contribution in [2.75, 3.05) is 32.8 Å². The van der Waals surface area contributed by atoms with Crippen molar-refractivity contribution in [1.82, 2.24) is 15.1 Å². The molecule has 0 spiro atoms. The molecule has 5 nitrogen and oxygen atoms in total. The summed E-state index contributed by atoms with van der Waals surface area (Å²) in [7, 11) is 0. The minimum Gasteiger partial charge on any atom is -0.372 e. The number of ether oxygens (including phenoxy) is 1. The lowest BCUT2D eigenvalue weighted by Gasteiger charge is -2.39. The summed E-state index contributed by atoms with van der Waals surface area (Å²) in [6, 6.07) is 1.29. The number of nitrogens with zero attached hydrogens (tertiary/aromatic N) is 2. The highest BCUT2D eigenvalue weighted by molar-refractivity contribution is 5.74. The first-order valence-electron chi connectivity index (χ1n) is 7.97. The summed E-state index contributed by atoms with van der Waals surface area (Å²) < 4.78 is 5.65. The van der Waals surface area contributed by atoms with Gasteiger partial charge in [0, 0.05) is 31.7 Å². The van der Waals surface area contributed by atoms with Gasteiger partial charge in [-0.15, -0.1) is 0 Å². The average molecular weight is 281 g/mol. The molecule has 1 aliphatic carbocycles. The standard InChI is InChI=1S/C15H27N3O2/c1-15(2)11-18(9-10-20-15)14(19)16-12-5-7-17(8-6-12)13-3-4-13/h12-13H,3-11H2,1-2H3,(H,16,19). The number of likely N-dealkylation sites (tertiary alicyclic amines) is 1. The molecule has 2 aliphatic heterocycles. The van der Waals surface area contributed by atoms with Gasteiger partial charge in [0.1, 0.15) is 0 Å². The number of carbonyl (C=O) groups excluding carboxylic acids is 1. The van der Waals surface area contributed by atoms with Crippen molar-refractivity contribution in [1.29, 1.82) is 0 Å². The Balaban J connectivity index is 1.44. The van der Waals surface area contributed by atoms with Crippen molar-refractivity contribution in [3.63, 3.8) is 0 Å². The third-order valence-corrected chi connectivity index (χ3v) is 4.63. The predicted molar refractivity (Wildman–Crippen MR) is 77.8 cm³/mol. The Hall–Kier alpha value is -0.810. The Morgan fingerprint density at radius 1 is 1.15 bits per heavy atom. The number of rotatable bonds is 2. The van der Waals surface area contributed by atoms with Crippen LogP contribution in [0.3, 0.4) is 0 Å². The quantitative estimate of drug-likeness (QED) is 0.833. The second-order valence-corrected chi connectivity index (χ2v) is 7.02. The molecule has 0 aromatic carbocycles. The van der Waals surface area contributed by atoms with Gasteiger partial charge >= 0.3 is 6.03 Å². The van der Waals surface area contributed by atoms with E-state index in [2.05, 4.69) is 10.2 Å². The smallest absolute Gasteiger partial charge is 0.317 e. The molecule has 0 radical (unpaired) electrons. The van der Waals surface area contributed by atoms with Crippen molar-refractivity contribution in [2.45, 2.75) is 57.2 Å². The fourth-order valence-electron chi connectivity index (χ4n) is 3.30. The van der Waals surface area contributed by atoms with Gasteiger partial charge in [-0.25, -0.2) is 4.79 Å². The minimum atomic E-state index is -0.217. The molecule has 3 rings (SSSR count). The van der Waals surface area contributed by atoms with E-state index in [-0.39, 0.29) is 11.6 Å². The molecule has 1 saturated carbocycles. The second-order valence-electron chi connectivity index (χ2n) is 7.02. The Labute approximate surface area is 121 Å². The molecule has 0 atom stereocenters. The summed E-state index contributed by atoms with van der Waals surface area (Å²) in [6.45, 7) is 8.39. The topological polar surface area (TPSA) is 44.8 Å². The van der Waals surface area contributed by atoms with E-state index in [1.165, 1.54) is 12.8 Å². The van der Waals surface area contributed by atoms with Gasteiger partial charge in [-0.1, -0.05) is 0 Å². The van der Waals surface area contributed by atoms with Gasteiger partial charge in [0.25, 0.3) is 0 Å². The molecule has 3 aliphatic rings. The lowest BCUT2D eigenvalue weighted by molar-refractivity contribution is -0.0736. The maximum absolute atomic E-state index is 12.3. The van der Waals surface area contributed by atoms with E-state index >= 15 is 0 Å². The molecule has 20 heavy (non-hydrogen) atoms. The van der Waals surface area contributed by atoms with Gasteiger partial charge in [0.15, 0.2) is 0 Å². The molecule has 5 heteroatoms. The lowest BCUT2D eigenvalue weighted by Crippen LogP contribution is -2.56. The van der Waals surface area contributed by atoms with Crippen LogP contribution in [0.4, 0.5) is 4.79 Å². The van der Waals surface area contributed by atoms with E-state index in [1.54, 1.807) is 0 Å². The van der Waals surface area contributed by atoms with Crippen molar-refractivity contribution >= 4 is 6.03 Å². The van der Waals surface area contributed by atoms with Crippen LogP contribution in [-0.4, -0.2) is 66.3 Å². The van der Waals surface area contributed by atoms with E-state index in [0.29, 0.717) is 25.7 Å². The Morgan fingerprint density at radius 2 is 1.85 bits per heavy atom. The van der Waals surface area contributed by atoms with Gasteiger partial charge in [-0.2, -0.15) is 0 Å². The number of morpholine rings is 1. The summed E-state index contributed by atoms with van der Waals surface area (Å²) in [5, 5.41) is 3.21. The Kier molecular flexibility index (Phi) is 3.91. The highest BCUT2D eigenvalue weighted by atomic mass is 16.5. The zero-order chi connectivity index (χ0) is 14.2. The van der Waals surface area contributed by atoms with E-state index in [4.69, 9.17) is 4.74 Å². The van der Waals surface area contributed by atoms with Crippen molar-refractivity contribution in [3.05, 3.63) is 0 Å². The van der Waals surface area contributed by atoms with Crippen molar-refractivity contribution in [2.24, 2.45) is 0 Å². The maximum Gasteiger partial charge on any atom is 0.317 e. The molecular formula is C15H27N3O2. The fourth-order valence-corrected chi connectivity index (χ4v) is 3.30. The lowest BCUT2D eigenvalue weighted by atomic mass is 10.0. The number of amides is 2. The summed E-state index contributed by atoms with van der Waals surface area (Å²) >= 11 is 0. The first kappa shape index (κ1) is 14.1. The largest absolute Gasteiger partial charge is 0.372 e. The zero-order valence-electron chi connectivity index (χ0n) is 12.7. The Bertz CT molecular complexity index is 360. The molecule has 3 fully saturated rings. The zero-order valence-corrected chi connectivity index (χ0v) is 12.7. The molecule has 114 valence electrons. The number of urea groups is 1. The number of carbonyl (C=O) groups is 1. The number of piperidine rings is 1. The molecule has 1 N–H and O–H groups in total. The fraction of sp³-hybridized carbons (Fsp3) is 0.933. The molecule has 0 bridgehead atoms. The third kappa shape index (κ3) is 3.44. The molecular weight excluding hydrogens is 254 g/mol. The van der Waals surface area contributed by atoms with Crippen LogP contribution >= 0.6 is 0 Å². The number of nitrogens with one attached hydrogen (secondary N) is 1. The van der Waals surface area contributed by atoms with Gasteiger partial charge in [0.05, 0.1) is 18.8 Å². The third-order valence-electron chi connectivity index (χ3n) is 4.63. The second kappa shape index (κ2) is 5.53. The van der Waals surface area contributed by atoms with E-state index in [0.717, 1.165) is 32.0 Å². The van der Waals surface area contributed by atoms with Gasteiger partial charge < -0.3 is 19.9 Å². The summed E-state index contributed by atoms with van der Waals surface area (Å²) in [4.78, 5) is 16.8. The van der Waals surface area contributed by atoms with Crippen LogP contribution in [0.15, 0.2) is 0 Å². The molecule has 2 saturated heterocycles. The normalized spacial score (nSPS) is 28.4. The monoisotopic (exact) mass is 281 g/mol. The van der Waals surface area contributed by atoms with Gasteiger partial charge in [-0.05, 0) is 39.5 Å². The maximum atomic E-state index is 12.3. The predicted octanol–water partition coefficient (Wildman–Crippen LogP) is 1.43. The summed E-state index contributed by atoms with van der Waals surface area (Å²) in [6.07, 6.45) is 4.94.